The Balaban J connectivity index is 2.13. The lowest BCUT2D eigenvalue weighted by molar-refractivity contribution is -0.0109. The number of nitriles is 1. The summed E-state index contributed by atoms with van der Waals surface area (Å²) in [5.74, 6) is 0. The van der Waals surface area contributed by atoms with E-state index in [4.69, 9.17) is 10.00 Å². The monoisotopic (exact) mass is 166 g/mol. The molecule has 0 aromatic carbocycles. The molecule has 3 heteroatoms. The lowest BCUT2D eigenvalue weighted by Crippen LogP contribution is -2.45. The summed E-state index contributed by atoms with van der Waals surface area (Å²) in [6.45, 7) is 2.93. The highest BCUT2D eigenvalue weighted by molar-refractivity contribution is 4.99. The maximum Gasteiger partial charge on any atom is 0.112 e. The van der Waals surface area contributed by atoms with Gasteiger partial charge in [-0.05, 0) is 26.2 Å². The molecule has 0 aromatic heterocycles. The number of nitrogens with zero attached hydrogens (tertiary/aromatic N) is 2. The van der Waals surface area contributed by atoms with Gasteiger partial charge in [-0.3, -0.25) is 4.90 Å². The summed E-state index contributed by atoms with van der Waals surface area (Å²) >= 11 is 0. The molecule has 0 spiro atoms. The number of ether oxygens (including phenoxy) is 1. The smallest absolute Gasteiger partial charge is 0.112 e. The van der Waals surface area contributed by atoms with Crippen LogP contribution in [0.25, 0.3) is 0 Å². The van der Waals surface area contributed by atoms with Crippen molar-refractivity contribution in [3.63, 3.8) is 0 Å². The molecule has 0 bridgehead atoms. The van der Waals surface area contributed by atoms with Crippen LogP contribution in [0.15, 0.2) is 0 Å². The molecule has 2 saturated heterocycles. The van der Waals surface area contributed by atoms with E-state index in [1.54, 1.807) is 0 Å². The molecule has 12 heavy (non-hydrogen) atoms. The van der Waals surface area contributed by atoms with E-state index < -0.39 is 0 Å². The topological polar surface area (TPSA) is 36.3 Å². The Hall–Kier alpha value is -0.590. The predicted molar refractivity (Wildman–Crippen MR) is 44.3 cm³/mol. The number of hydrogen-bond donors (Lipinski definition) is 0. The van der Waals surface area contributed by atoms with E-state index in [2.05, 4.69) is 17.9 Å². The highest BCUT2D eigenvalue weighted by atomic mass is 16.5. The van der Waals surface area contributed by atoms with E-state index >= 15 is 0 Å². The van der Waals surface area contributed by atoms with Gasteiger partial charge in [0.1, 0.15) is 12.3 Å². The molecule has 0 aromatic rings. The minimum atomic E-state index is 0.0984. The Morgan fingerprint density at radius 3 is 3.08 bits per heavy atom. The molecular formula is C9H14N2O. The quantitative estimate of drug-likeness (QED) is 0.541. The zero-order chi connectivity index (χ0) is 8.55. The second-order valence-corrected chi connectivity index (χ2v) is 3.66. The largest absolute Gasteiger partial charge is 0.361 e. The Morgan fingerprint density at radius 2 is 2.33 bits per heavy atom. The van der Waals surface area contributed by atoms with Crippen LogP contribution in [0.2, 0.25) is 0 Å². The molecule has 2 fully saturated rings. The molecule has 2 aliphatic rings. The highest BCUT2D eigenvalue weighted by Crippen LogP contribution is 2.30. The molecule has 0 aliphatic carbocycles. The van der Waals surface area contributed by atoms with Gasteiger partial charge in [0.2, 0.25) is 0 Å². The summed E-state index contributed by atoms with van der Waals surface area (Å²) in [6, 6.07) is 2.88. The summed E-state index contributed by atoms with van der Waals surface area (Å²) in [7, 11) is 0. The first kappa shape index (κ1) is 8.03. The molecule has 3 atom stereocenters. The van der Waals surface area contributed by atoms with E-state index in [1.807, 2.05) is 0 Å². The van der Waals surface area contributed by atoms with Gasteiger partial charge >= 0.3 is 0 Å². The normalized spacial score (nSPS) is 42.2. The van der Waals surface area contributed by atoms with Crippen molar-refractivity contribution in [2.45, 2.75) is 44.5 Å². The number of fused-ring (bicyclic) bond motifs is 1. The summed E-state index contributed by atoms with van der Waals surface area (Å²) in [5.41, 5.74) is 0. The standard InChI is InChI=1S/C9H14N2O/c1-7-6-12-9-4-2-3-8(5-10)11(7)9/h7-9H,2-4,6H2,1H3/t7-,8?,9-/m0/s1. The lowest BCUT2D eigenvalue weighted by Gasteiger charge is -2.34. The third-order valence-corrected chi connectivity index (χ3v) is 2.81. The van der Waals surface area contributed by atoms with Crippen LogP contribution < -0.4 is 0 Å². The zero-order valence-electron chi connectivity index (χ0n) is 7.36. The van der Waals surface area contributed by atoms with E-state index in [0.29, 0.717) is 6.04 Å². The Morgan fingerprint density at radius 1 is 1.50 bits per heavy atom. The molecule has 1 unspecified atom stereocenters. The van der Waals surface area contributed by atoms with E-state index in [1.165, 1.54) is 0 Å². The van der Waals surface area contributed by atoms with Gasteiger partial charge in [-0.15, -0.1) is 0 Å². The fraction of sp³-hybridized carbons (Fsp3) is 0.889. The molecule has 2 heterocycles. The van der Waals surface area contributed by atoms with Gasteiger partial charge < -0.3 is 4.74 Å². The van der Waals surface area contributed by atoms with Crippen molar-refractivity contribution >= 4 is 0 Å². The Labute approximate surface area is 72.9 Å². The van der Waals surface area contributed by atoms with Crippen LogP contribution in [0.3, 0.4) is 0 Å². The van der Waals surface area contributed by atoms with Gasteiger partial charge in [-0.25, -0.2) is 0 Å². The Bertz CT molecular complexity index is 209. The molecule has 0 radical (unpaired) electrons. The fourth-order valence-electron chi connectivity index (χ4n) is 2.21. The maximum absolute atomic E-state index is 8.91. The Kier molecular flexibility index (Phi) is 2.03. The lowest BCUT2D eigenvalue weighted by atomic mass is 10.0. The molecule has 66 valence electrons. The third-order valence-electron chi connectivity index (χ3n) is 2.81. The predicted octanol–water partition coefficient (Wildman–Crippen LogP) is 1.11. The molecule has 0 saturated carbocycles. The first-order chi connectivity index (χ1) is 5.83. The van der Waals surface area contributed by atoms with Crippen LogP contribution in [-0.4, -0.2) is 29.8 Å². The van der Waals surface area contributed by atoms with E-state index in [9.17, 15) is 0 Å². The van der Waals surface area contributed by atoms with Crippen LogP contribution in [0, 0.1) is 11.3 Å². The summed E-state index contributed by atoms with van der Waals surface area (Å²) in [5, 5.41) is 8.91. The summed E-state index contributed by atoms with van der Waals surface area (Å²) in [6.07, 6.45) is 3.48. The van der Waals surface area contributed by atoms with Crippen LogP contribution in [-0.2, 0) is 4.74 Å². The van der Waals surface area contributed by atoms with Crippen molar-refractivity contribution in [3.8, 4) is 6.07 Å². The van der Waals surface area contributed by atoms with Crippen LogP contribution >= 0.6 is 0 Å². The van der Waals surface area contributed by atoms with Gasteiger partial charge in [0.15, 0.2) is 0 Å². The van der Waals surface area contributed by atoms with Crippen molar-refractivity contribution in [2.24, 2.45) is 0 Å². The van der Waals surface area contributed by atoms with Crippen molar-refractivity contribution in [2.75, 3.05) is 6.61 Å². The van der Waals surface area contributed by atoms with Gasteiger partial charge in [0.25, 0.3) is 0 Å². The van der Waals surface area contributed by atoms with E-state index in [0.717, 1.165) is 25.9 Å². The SMILES string of the molecule is C[C@H]1CO[C@H]2CCCC(C#N)N21. The molecule has 0 amide bonds. The molecule has 0 N–H and O–H groups in total. The van der Waals surface area contributed by atoms with Gasteiger partial charge in [-0.1, -0.05) is 0 Å². The minimum Gasteiger partial charge on any atom is -0.361 e. The molecule has 2 aliphatic heterocycles. The average molecular weight is 166 g/mol. The molecule has 2 rings (SSSR count). The number of piperidine rings is 1. The zero-order valence-corrected chi connectivity index (χ0v) is 7.36. The summed E-state index contributed by atoms with van der Waals surface area (Å²) < 4.78 is 5.58. The van der Waals surface area contributed by atoms with Gasteiger partial charge in [0, 0.05) is 6.04 Å². The molecular weight excluding hydrogens is 152 g/mol. The van der Waals surface area contributed by atoms with Crippen molar-refractivity contribution < 1.29 is 4.74 Å². The van der Waals surface area contributed by atoms with Crippen molar-refractivity contribution in [1.29, 1.82) is 5.26 Å². The third kappa shape index (κ3) is 1.12. The highest BCUT2D eigenvalue weighted by Gasteiger charge is 2.39. The second kappa shape index (κ2) is 3.04. The van der Waals surface area contributed by atoms with Crippen LogP contribution in [0.5, 0.6) is 0 Å². The van der Waals surface area contributed by atoms with Crippen LogP contribution in [0.1, 0.15) is 26.2 Å². The molecule has 3 nitrogen and oxygen atoms in total. The van der Waals surface area contributed by atoms with E-state index in [-0.39, 0.29) is 12.3 Å². The maximum atomic E-state index is 8.91. The minimum absolute atomic E-state index is 0.0984. The van der Waals surface area contributed by atoms with Gasteiger partial charge in [0.05, 0.1) is 12.7 Å². The van der Waals surface area contributed by atoms with Crippen LogP contribution in [0.4, 0.5) is 0 Å². The van der Waals surface area contributed by atoms with Crippen molar-refractivity contribution in [1.82, 2.24) is 4.90 Å². The first-order valence-electron chi connectivity index (χ1n) is 4.61. The van der Waals surface area contributed by atoms with Gasteiger partial charge in [-0.2, -0.15) is 5.26 Å². The second-order valence-electron chi connectivity index (χ2n) is 3.66. The number of rotatable bonds is 0. The average Bonchev–Trinajstić information content (AvgIpc) is 2.48. The van der Waals surface area contributed by atoms with Crippen molar-refractivity contribution in [3.05, 3.63) is 0 Å². The fourth-order valence-corrected chi connectivity index (χ4v) is 2.21. The summed E-state index contributed by atoms with van der Waals surface area (Å²) in [4.78, 5) is 2.23. The first-order valence-corrected chi connectivity index (χ1v) is 4.61. The number of hydrogen-bond acceptors (Lipinski definition) is 3.